The predicted molar refractivity (Wildman–Crippen MR) is 129 cm³/mol. The lowest BCUT2D eigenvalue weighted by Gasteiger charge is -2.31. The maximum Gasteiger partial charge on any atom is 0.278 e. The lowest BCUT2D eigenvalue weighted by atomic mass is 9.72. The lowest BCUT2D eigenvalue weighted by molar-refractivity contribution is 0.210. The Balaban J connectivity index is 1.58. The van der Waals surface area contributed by atoms with Gasteiger partial charge >= 0.3 is 0 Å². The minimum absolute atomic E-state index is 0.196. The fourth-order valence-electron chi connectivity index (χ4n) is 3.57. The van der Waals surface area contributed by atoms with E-state index in [0.29, 0.717) is 36.4 Å². The molecule has 3 aromatic heterocycles. The van der Waals surface area contributed by atoms with Gasteiger partial charge in [0.25, 0.3) is 5.89 Å². The third kappa shape index (κ3) is 4.72. The second-order valence-corrected chi connectivity index (χ2v) is 8.39. The molecule has 0 aliphatic carbocycles. The largest absolute Gasteiger partial charge is 0.383 e. The van der Waals surface area contributed by atoms with Gasteiger partial charge < -0.3 is 20.3 Å². The Bertz CT molecular complexity index is 1210. The van der Waals surface area contributed by atoms with Crippen molar-refractivity contribution in [1.29, 1.82) is 0 Å². The van der Waals surface area contributed by atoms with E-state index in [1.807, 2.05) is 12.1 Å². The summed E-state index contributed by atoms with van der Waals surface area (Å²) in [5, 5.41) is 7.45. The number of nitrogens with zero attached hydrogens (tertiary/aromatic N) is 6. The normalized spacial score (nSPS) is 13.1. The molecule has 1 atom stereocenters. The number of hydrogen-bond acceptors (Lipinski definition) is 10. The van der Waals surface area contributed by atoms with Gasteiger partial charge in [0.05, 0.1) is 24.4 Å². The van der Waals surface area contributed by atoms with Crippen LogP contribution in [0.2, 0.25) is 0 Å². The summed E-state index contributed by atoms with van der Waals surface area (Å²) in [6.07, 6.45) is 6.67. The lowest BCUT2D eigenvalue weighted by Crippen LogP contribution is -2.31. The Morgan fingerprint density at radius 2 is 1.74 bits per heavy atom. The predicted octanol–water partition coefficient (Wildman–Crippen LogP) is 3.59. The Labute approximate surface area is 198 Å². The fraction of sp³-hybridized carbons (Fsp3) is 0.333. The first-order chi connectivity index (χ1) is 16.4. The van der Waals surface area contributed by atoms with Gasteiger partial charge in [0.15, 0.2) is 5.82 Å². The van der Waals surface area contributed by atoms with Crippen molar-refractivity contribution in [3.63, 3.8) is 0 Å². The van der Waals surface area contributed by atoms with Crippen LogP contribution >= 0.6 is 0 Å². The molecule has 34 heavy (non-hydrogen) atoms. The minimum atomic E-state index is -0.479. The third-order valence-corrected chi connectivity index (χ3v) is 6.02. The molecule has 0 saturated carbocycles. The number of benzene rings is 1. The average molecular weight is 461 g/mol. The van der Waals surface area contributed by atoms with E-state index in [2.05, 4.69) is 63.3 Å². The number of nitrogen functional groups attached to an aromatic ring is 1. The quantitative estimate of drug-likeness (QED) is 0.356. The van der Waals surface area contributed by atoms with E-state index in [4.69, 9.17) is 20.0 Å². The van der Waals surface area contributed by atoms with E-state index in [-0.39, 0.29) is 11.9 Å². The van der Waals surface area contributed by atoms with Gasteiger partial charge in [0.2, 0.25) is 5.95 Å². The summed E-state index contributed by atoms with van der Waals surface area (Å²) in [6, 6.07) is 8.21. The maximum absolute atomic E-state index is 5.60. The summed E-state index contributed by atoms with van der Waals surface area (Å²) in [6.45, 7) is 7.61. The molecule has 176 valence electrons. The van der Waals surface area contributed by atoms with E-state index in [1.54, 1.807) is 31.9 Å². The molecule has 1 aromatic carbocycles. The van der Waals surface area contributed by atoms with Crippen molar-refractivity contribution in [2.75, 3.05) is 31.3 Å². The van der Waals surface area contributed by atoms with E-state index in [9.17, 15) is 0 Å². The second kappa shape index (κ2) is 9.92. The first kappa shape index (κ1) is 23.2. The third-order valence-electron chi connectivity index (χ3n) is 6.02. The molecule has 4 aromatic rings. The zero-order valence-corrected chi connectivity index (χ0v) is 19.7. The molecule has 0 bridgehead atoms. The van der Waals surface area contributed by atoms with E-state index in [1.165, 1.54) is 0 Å². The summed E-state index contributed by atoms with van der Waals surface area (Å²) < 4.78 is 10.6. The minimum Gasteiger partial charge on any atom is -0.383 e. The Hall–Kier alpha value is -3.92. The number of ether oxygens (including phenoxy) is 1. The van der Waals surface area contributed by atoms with Crippen LogP contribution in [0.1, 0.15) is 32.2 Å². The highest BCUT2D eigenvalue weighted by atomic mass is 16.5. The van der Waals surface area contributed by atoms with Crippen LogP contribution in [0.15, 0.2) is 53.6 Å². The maximum atomic E-state index is 5.60. The van der Waals surface area contributed by atoms with Crippen molar-refractivity contribution in [3.05, 3.63) is 60.4 Å². The van der Waals surface area contributed by atoms with Crippen molar-refractivity contribution in [2.24, 2.45) is 5.92 Å². The van der Waals surface area contributed by atoms with Gasteiger partial charge in [-0.1, -0.05) is 43.3 Å². The molecule has 3 heterocycles. The van der Waals surface area contributed by atoms with Crippen LogP contribution in [0.4, 0.5) is 11.8 Å². The molecular weight excluding hydrogens is 432 g/mol. The summed E-state index contributed by atoms with van der Waals surface area (Å²) >= 11 is 0. The highest BCUT2D eigenvalue weighted by Crippen LogP contribution is 2.38. The molecule has 4 rings (SSSR count). The standard InChI is InChI=1S/C24H28N8O2/c1-15(2)24(3,18-7-5-16(6-8-18)17-11-29-23(25)30-12-17)22-31-21(34-32-22)19-13-28-20(14-27-19)26-9-10-33-4/h5-8,11-15H,9-10H2,1-4H3,(H,26,28)(H2,25,29,30). The number of hydrogen-bond donors (Lipinski definition) is 2. The molecular formula is C24H28N8O2. The molecule has 0 aliphatic heterocycles. The van der Waals surface area contributed by atoms with Crippen molar-refractivity contribution in [3.8, 4) is 22.7 Å². The zero-order chi connectivity index (χ0) is 24.1. The average Bonchev–Trinajstić information content (AvgIpc) is 3.35. The summed E-state index contributed by atoms with van der Waals surface area (Å²) in [7, 11) is 1.65. The van der Waals surface area contributed by atoms with Gasteiger partial charge in [-0.25, -0.2) is 19.9 Å². The zero-order valence-electron chi connectivity index (χ0n) is 19.7. The molecule has 0 amide bonds. The summed E-state index contributed by atoms with van der Waals surface area (Å²) in [4.78, 5) is 21.6. The van der Waals surface area contributed by atoms with Crippen molar-refractivity contribution >= 4 is 11.8 Å². The molecule has 1 unspecified atom stereocenters. The molecule has 0 spiro atoms. The highest BCUT2D eigenvalue weighted by molar-refractivity contribution is 5.62. The van der Waals surface area contributed by atoms with Crippen LogP contribution in [0.5, 0.6) is 0 Å². The van der Waals surface area contributed by atoms with Crippen LogP contribution in [0.3, 0.4) is 0 Å². The van der Waals surface area contributed by atoms with Crippen LogP contribution in [0, 0.1) is 5.92 Å². The van der Waals surface area contributed by atoms with E-state index < -0.39 is 5.41 Å². The fourth-order valence-corrected chi connectivity index (χ4v) is 3.57. The second-order valence-electron chi connectivity index (χ2n) is 8.39. The van der Waals surface area contributed by atoms with Gasteiger partial charge in [0, 0.05) is 31.6 Å². The van der Waals surface area contributed by atoms with Crippen LogP contribution in [0.25, 0.3) is 22.7 Å². The molecule has 0 saturated heterocycles. The highest BCUT2D eigenvalue weighted by Gasteiger charge is 2.37. The molecule has 10 nitrogen and oxygen atoms in total. The van der Waals surface area contributed by atoms with Gasteiger partial charge in [-0.3, -0.25) is 0 Å². The number of aromatic nitrogens is 6. The van der Waals surface area contributed by atoms with Crippen molar-refractivity contribution in [1.82, 2.24) is 30.1 Å². The van der Waals surface area contributed by atoms with Crippen LogP contribution in [-0.4, -0.2) is 50.3 Å². The van der Waals surface area contributed by atoms with Gasteiger partial charge in [-0.15, -0.1) is 0 Å². The van der Waals surface area contributed by atoms with Crippen LogP contribution < -0.4 is 11.1 Å². The molecule has 3 N–H and O–H groups in total. The number of methoxy groups -OCH3 is 1. The van der Waals surface area contributed by atoms with Gasteiger partial charge in [-0.2, -0.15) is 4.98 Å². The van der Waals surface area contributed by atoms with Crippen molar-refractivity contribution in [2.45, 2.75) is 26.2 Å². The number of anilines is 2. The first-order valence-corrected chi connectivity index (χ1v) is 11.0. The number of nitrogens with one attached hydrogen (secondary N) is 1. The topological polar surface area (TPSA) is 138 Å². The Morgan fingerprint density at radius 1 is 1.00 bits per heavy atom. The van der Waals surface area contributed by atoms with Gasteiger partial charge in [0.1, 0.15) is 11.5 Å². The monoisotopic (exact) mass is 460 g/mol. The van der Waals surface area contributed by atoms with Crippen molar-refractivity contribution < 1.29 is 9.26 Å². The number of rotatable bonds is 9. The summed E-state index contributed by atoms with van der Waals surface area (Å²) in [5.74, 6) is 2.02. The van der Waals surface area contributed by atoms with Crippen LogP contribution in [-0.2, 0) is 10.2 Å². The van der Waals surface area contributed by atoms with Gasteiger partial charge in [-0.05, 0) is 24.0 Å². The molecule has 10 heteroatoms. The SMILES string of the molecule is COCCNc1cnc(-c2nc(C(C)(c3ccc(-c4cnc(N)nc4)cc3)C(C)C)no2)cn1. The Kier molecular flexibility index (Phi) is 6.78. The molecule has 0 aliphatic rings. The number of nitrogens with two attached hydrogens (primary N) is 1. The molecule has 0 fully saturated rings. The van der Waals surface area contributed by atoms with E-state index >= 15 is 0 Å². The summed E-state index contributed by atoms with van der Waals surface area (Å²) in [5.41, 5.74) is 8.60. The smallest absolute Gasteiger partial charge is 0.278 e. The molecule has 0 radical (unpaired) electrons. The Morgan fingerprint density at radius 3 is 2.35 bits per heavy atom. The van der Waals surface area contributed by atoms with E-state index in [0.717, 1.165) is 16.7 Å². The first-order valence-electron chi connectivity index (χ1n) is 11.0.